The van der Waals surface area contributed by atoms with Crippen molar-refractivity contribution in [1.82, 2.24) is 9.78 Å². The zero-order chi connectivity index (χ0) is 10.8. The standard InChI is InChI=1S/C11H12ClN3/c1-8(13)10-4-2-3-5-11(10)15-7-9(12)6-14-15/h2-8H,13H2,1H3/t8-/m1/s1. The van der Waals surface area contributed by atoms with Crippen molar-refractivity contribution >= 4 is 11.6 Å². The summed E-state index contributed by atoms with van der Waals surface area (Å²) in [5, 5.41) is 4.78. The Morgan fingerprint density at radius 1 is 1.40 bits per heavy atom. The van der Waals surface area contributed by atoms with Gasteiger partial charge in [-0.15, -0.1) is 0 Å². The molecule has 2 N–H and O–H groups in total. The van der Waals surface area contributed by atoms with Crippen molar-refractivity contribution in [2.75, 3.05) is 0 Å². The highest BCUT2D eigenvalue weighted by molar-refractivity contribution is 6.30. The monoisotopic (exact) mass is 221 g/mol. The topological polar surface area (TPSA) is 43.8 Å². The molecule has 0 amide bonds. The first-order valence-corrected chi connectivity index (χ1v) is 5.11. The molecule has 78 valence electrons. The van der Waals surface area contributed by atoms with Gasteiger partial charge in [0.05, 0.1) is 16.9 Å². The molecule has 0 aliphatic rings. The van der Waals surface area contributed by atoms with Gasteiger partial charge in [0, 0.05) is 12.2 Å². The average molecular weight is 222 g/mol. The first-order valence-electron chi connectivity index (χ1n) is 4.73. The predicted molar refractivity (Wildman–Crippen MR) is 61.2 cm³/mol. The molecule has 4 heteroatoms. The van der Waals surface area contributed by atoms with Gasteiger partial charge >= 0.3 is 0 Å². The third-order valence-corrected chi connectivity index (χ3v) is 2.42. The largest absolute Gasteiger partial charge is 0.324 e. The van der Waals surface area contributed by atoms with E-state index in [9.17, 15) is 0 Å². The third kappa shape index (κ3) is 2.03. The lowest BCUT2D eigenvalue weighted by molar-refractivity contribution is 0.781. The smallest absolute Gasteiger partial charge is 0.0790 e. The molecule has 0 saturated carbocycles. The van der Waals surface area contributed by atoms with Crippen molar-refractivity contribution in [3.05, 3.63) is 47.2 Å². The summed E-state index contributed by atoms with van der Waals surface area (Å²) in [5.41, 5.74) is 7.91. The zero-order valence-corrected chi connectivity index (χ0v) is 9.15. The fourth-order valence-corrected chi connectivity index (χ4v) is 1.65. The zero-order valence-electron chi connectivity index (χ0n) is 8.39. The van der Waals surface area contributed by atoms with Crippen molar-refractivity contribution in [2.24, 2.45) is 5.73 Å². The second kappa shape index (κ2) is 4.04. The van der Waals surface area contributed by atoms with E-state index < -0.39 is 0 Å². The molecule has 1 aromatic carbocycles. The minimum absolute atomic E-state index is 0.0239. The number of nitrogens with zero attached hydrogens (tertiary/aromatic N) is 2. The highest BCUT2D eigenvalue weighted by Gasteiger charge is 2.08. The SMILES string of the molecule is C[C@@H](N)c1ccccc1-n1cc(Cl)cn1. The Morgan fingerprint density at radius 3 is 2.73 bits per heavy atom. The van der Waals surface area contributed by atoms with Crippen LogP contribution in [0.2, 0.25) is 5.02 Å². The molecule has 2 aromatic rings. The van der Waals surface area contributed by atoms with Gasteiger partial charge in [0.1, 0.15) is 0 Å². The van der Waals surface area contributed by atoms with Crippen LogP contribution in [0.1, 0.15) is 18.5 Å². The van der Waals surface area contributed by atoms with Crippen LogP contribution in [-0.4, -0.2) is 9.78 Å². The van der Waals surface area contributed by atoms with Crippen LogP contribution in [0, 0.1) is 0 Å². The Bertz CT molecular complexity index is 462. The molecular formula is C11H12ClN3. The molecule has 0 aliphatic heterocycles. The van der Waals surface area contributed by atoms with Gasteiger partial charge in [-0.1, -0.05) is 29.8 Å². The number of benzene rings is 1. The molecule has 0 radical (unpaired) electrons. The van der Waals surface area contributed by atoms with Crippen LogP contribution in [0.15, 0.2) is 36.7 Å². The molecule has 0 bridgehead atoms. The molecule has 0 unspecified atom stereocenters. The number of nitrogens with two attached hydrogens (primary N) is 1. The van der Waals surface area contributed by atoms with Crippen LogP contribution in [-0.2, 0) is 0 Å². The van der Waals surface area contributed by atoms with E-state index in [2.05, 4.69) is 5.10 Å². The van der Waals surface area contributed by atoms with Crippen LogP contribution in [0.4, 0.5) is 0 Å². The summed E-state index contributed by atoms with van der Waals surface area (Å²) < 4.78 is 1.74. The minimum Gasteiger partial charge on any atom is -0.324 e. The lowest BCUT2D eigenvalue weighted by Gasteiger charge is -2.11. The number of hydrogen-bond acceptors (Lipinski definition) is 2. The molecule has 0 saturated heterocycles. The maximum absolute atomic E-state index is 5.88. The highest BCUT2D eigenvalue weighted by atomic mass is 35.5. The summed E-state index contributed by atoms with van der Waals surface area (Å²) in [7, 11) is 0. The molecule has 3 nitrogen and oxygen atoms in total. The Labute approximate surface area is 93.5 Å². The first-order chi connectivity index (χ1) is 7.18. The predicted octanol–water partition coefficient (Wildman–Crippen LogP) is 2.55. The fraction of sp³-hybridized carbons (Fsp3) is 0.182. The lowest BCUT2D eigenvalue weighted by atomic mass is 10.1. The Kier molecular flexibility index (Phi) is 2.75. The van der Waals surface area contributed by atoms with Crippen LogP contribution >= 0.6 is 11.6 Å². The lowest BCUT2D eigenvalue weighted by Crippen LogP contribution is -2.09. The van der Waals surface area contributed by atoms with Gasteiger partial charge in [0.15, 0.2) is 0 Å². The molecule has 0 aliphatic carbocycles. The van der Waals surface area contributed by atoms with Gasteiger partial charge < -0.3 is 5.73 Å². The summed E-state index contributed by atoms with van der Waals surface area (Å²) in [5.74, 6) is 0. The van der Waals surface area contributed by atoms with Gasteiger partial charge in [-0.25, -0.2) is 4.68 Å². The van der Waals surface area contributed by atoms with Crippen molar-refractivity contribution in [3.8, 4) is 5.69 Å². The Balaban J connectivity index is 2.52. The van der Waals surface area contributed by atoms with E-state index in [1.807, 2.05) is 31.2 Å². The van der Waals surface area contributed by atoms with Crippen LogP contribution in [0.5, 0.6) is 0 Å². The maximum atomic E-state index is 5.88. The number of halogens is 1. The normalized spacial score (nSPS) is 12.7. The van der Waals surface area contributed by atoms with Gasteiger partial charge in [-0.2, -0.15) is 5.10 Å². The van der Waals surface area contributed by atoms with Crippen molar-refractivity contribution in [1.29, 1.82) is 0 Å². The van der Waals surface area contributed by atoms with Gasteiger partial charge in [0.2, 0.25) is 0 Å². The van der Waals surface area contributed by atoms with Crippen LogP contribution < -0.4 is 5.73 Å². The molecule has 1 aromatic heterocycles. The first kappa shape index (κ1) is 10.2. The number of para-hydroxylation sites is 1. The van der Waals surface area contributed by atoms with E-state index in [1.54, 1.807) is 17.1 Å². The summed E-state index contributed by atoms with van der Waals surface area (Å²) in [6, 6.07) is 7.87. The molecule has 1 atom stereocenters. The molecule has 2 rings (SSSR count). The van der Waals surface area contributed by atoms with Crippen molar-refractivity contribution in [2.45, 2.75) is 13.0 Å². The minimum atomic E-state index is -0.0239. The van der Waals surface area contributed by atoms with E-state index in [-0.39, 0.29) is 6.04 Å². The number of aromatic nitrogens is 2. The molecule has 0 spiro atoms. The third-order valence-electron chi connectivity index (χ3n) is 2.23. The van der Waals surface area contributed by atoms with Crippen LogP contribution in [0.25, 0.3) is 5.69 Å². The molecular weight excluding hydrogens is 210 g/mol. The van der Waals surface area contributed by atoms with E-state index in [1.165, 1.54) is 0 Å². The molecule has 15 heavy (non-hydrogen) atoms. The van der Waals surface area contributed by atoms with Crippen molar-refractivity contribution in [3.63, 3.8) is 0 Å². The Hall–Kier alpha value is -1.32. The van der Waals surface area contributed by atoms with E-state index in [0.29, 0.717) is 5.02 Å². The quantitative estimate of drug-likeness (QED) is 0.847. The summed E-state index contributed by atoms with van der Waals surface area (Å²) in [6.07, 6.45) is 3.38. The fourth-order valence-electron chi connectivity index (χ4n) is 1.51. The highest BCUT2D eigenvalue weighted by Crippen LogP contribution is 2.20. The van der Waals surface area contributed by atoms with E-state index in [4.69, 9.17) is 17.3 Å². The summed E-state index contributed by atoms with van der Waals surface area (Å²) in [4.78, 5) is 0. The van der Waals surface area contributed by atoms with Gasteiger partial charge in [-0.05, 0) is 18.6 Å². The molecule has 1 heterocycles. The number of hydrogen-bond donors (Lipinski definition) is 1. The summed E-state index contributed by atoms with van der Waals surface area (Å²) >= 11 is 5.83. The van der Waals surface area contributed by atoms with E-state index >= 15 is 0 Å². The Morgan fingerprint density at radius 2 is 2.13 bits per heavy atom. The van der Waals surface area contributed by atoms with E-state index in [0.717, 1.165) is 11.3 Å². The molecule has 0 fully saturated rings. The second-order valence-electron chi connectivity index (χ2n) is 3.45. The van der Waals surface area contributed by atoms with Crippen LogP contribution in [0.3, 0.4) is 0 Å². The second-order valence-corrected chi connectivity index (χ2v) is 3.89. The van der Waals surface area contributed by atoms with Crippen molar-refractivity contribution < 1.29 is 0 Å². The number of rotatable bonds is 2. The maximum Gasteiger partial charge on any atom is 0.0790 e. The average Bonchev–Trinajstić information content (AvgIpc) is 2.65. The summed E-state index contributed by atoms with van der Waals surface area (Å²) in [6.45, 7) is 1.95. The van der Waals surface area contributed by atoms with Gasteiger partial charge in [-0.3, -0.25) is 0 Å². The van der Waals surface area contributed by atoms with Gasteiger partial charge in [0.25, 0.3) is 0 Å².